The first-order valence-electron chi connectivity index (χ1n) is 6.50. The quantitative estimate of drug-likeness (QED) is 0.487. The van der Waals surface area contributed by atoms with Crippen molar-refractivity contribution in [3.05, 3.63) is 75.6 Å². The Kier molecular flexibility index (Phi) is 6.52. The number of carbonyl (C=O) groups is 2. The molecule has 0 aromatic heterocycles. The van der Waals surface area contributed by atoms with Gasteiger partial charge in [-0.1, -0.05) is 53.2 Å². The first kappa shape index (κ1) is 17.4. The summed E-state index contributed by atoms with van der Waals surface area (Å²) in [7, 11) is 0. The fraction of sp³-hybridized carbons (Fsp3) is 0. The molecule has 0 fully saturated rings. The minimum absolute atomic E-state index is 0.183. The summed E-state index contributed by atoms with van der Waals surface area (Å²) >= 11 is 13.1. The lowest BCUT2D eigenvalue weighted by atomic mass is 10.2. The average Bonchev–Trinajstić information content (AvgIpc) is 2.56. The molecule has 2 aromatic rings. The van der Waals surface area contributed by atoms with Crippen molar-refractivity contribution in [3.8, 4) is 0 Å². The summed E-state index contributed by atoms with van der Waals surface area (Å²) in [5.74, 6) is -1.00. The Labute approximate surface area is 147 Å². The van der Waals surface area contributed by atoms with E-state index in [1.165, 1.54) is 30.0 Å². The number of carbonyl (C=O) groups excluding carboxylic acids is 2. The molecule has 0 aliphatic rings. The molecule has 0 saturated heterocycles. The van der Waals surface area contributed by atoms with Gasteiger partial charge in [-0.05, 0) is 35.7 Å². The van der Waals surface area contributed by atoms with Crippen LogP contribution >= 0.6 is 35.0 Å². The predicted octanol–water partition coefficient (Wildman–Crippen LogP) is 4.06. The summed E-state index contributed by atoms with van der Waals surface area (Å²) in [5.41, 5.74) is 4.73. The molecule has 2 N–H and O–H groups in total. The average molecular weight is 367 g/mol. The minimum Gasteiger partial charge on any atom is -0.268 e. The Morgan fingerprint density at radius 2 is 1.74 bits per heavy atom. The molecule has 0 atom stereocenters. The molecule has 2 amide bonds. The number of hydrogen-bond donors (Lipinski definition) is 2. The molecule has 0 bridgehead atoms. The SMILES string of the molecule is O=C(/C=C/Sc1ccccc1)NNC(=O)c1cc(Cl)ccc1Cl. The molecule has 0 heterocycles. The van der Waals surface area contributed by atoms with E-state index in [9.17, 15) is 9.59 Å². The third-order valence-electron chi connectivity index (χ3n) is 2.64. The number of hydrazine groups is 1. The maximum Gasteiger partial charge on any atom is 0.271 e. The van der Waals surface area contributed by atoms with Crippen LogP contribution in [-0.4, -0.2) is 11.8 Å². The largest absolute Gasteiger partial charge is 0.271 e. The van der Waals surface area contributed by atoms with Gasteiger partial charge in [0.05, 0.1) is 10.6 Å². The van der Waals surface area contributed by atoms with Gasteiger partial charge in [-0.25, -0.2) is 0 Å². The van der Waals surface area contributed by atoms with Crippen LogP contribution in [0.1, 0.15) is 10.4 Å². The van der Waals surface area contributed by atoms with Crippen LogP contribution < -0.4 is 10.9 Å². The summed E-state index contributed by atoms with van der Waals surface area (Å²) in [6.45, 7) is 0. The molecule has 7 heteroatoms. The lowest BCUT2D eigenvalue weighted by Crippen LogP contribution is -2.40. The number of rotatable bonds is 4. The van der Waals surface area contributed by atoms with Crippen LogP contribution in [-0.2, 0) is 4.79 Å². The standard InChI is InChI=1S/C16H12Cl2N2O2S/c17-11-6-7-14(18)13(10-11)16(22)20-19-15(21)8-9-23-12-4-2-1-3-5-12/h1-10H,(H,19,21)(H,20,22)/b9-8+. The van der Waals surface area contributed by atoms with Crippen molar-refractivity contribution in [3.63, 3.8) is 0 Å². The van der Waals surface area contributed by atoms with Crippen LogP contribution in [0.4, 0.5) is 0 Å². The smallest absolute Gasteiger partial charge is 0.268 e. The monoisotopic (exact) mass is 366 g/mol. The van der Waals surface area contributed by atoms with E-state index in [0.717, 1.165) is 4.90 Å². The highest BCUT2D eigenvalue weighted by Crippen LogP contribution is 2.20. The third-order valence-corrected chi connectivity index (χ3v) is 4.02. The molecule has 4 nitrogen and oxygen atoms in total. The minimum atomic E-state index is -0.546. The predicted molar refractivity (Wildman–Crippen MR) is 93.5 cm³/mol. The van der Waals surface area contributed by atoms with Crippen molar-refractivity contribution in [2.75, 3.05) is 0 Å². The van der Waals surface area contributed by atoms with Gasteiger partial charge in [0, 0.05) is 16.0 Å². The first-order chi connectivity index (χ1) is 11.1. The zero-order valence-corrected chi connectivity index (χ0v) is 14.1. The molecule has 0 saturated carbocycles. The Hall–Kier alpha value is -1.95. The molecule has 23 heavy (non-hydrogen) atoms. The molecule has 2 aromatic carbocycles. The van der Waals surface area contributed by atoms with Crippen LogP contribution in [0.2, 0.25) is 10.0 Å². The molecule has 0 aliphatic heterocycles. The van der Waals surface area contributed by atoms with Crippen molar-refractivity contribution < 1.29 is 9.59 Å². The molecule has 118 valence electrons. The van der Waals surface area contributed by atoms with E-state index < -0.39 is 11.8 Å². The lowest BCUT2D eigenvalue weighted by Gasteiger charge is -2.07. The normalized spacial score (nSPS) is 10.5. The second-order valence-corrected chi connectivity index (χ2v) is 6.12. The van der Waals surface area contributed by atoms with Crippen LogP contribution in [0.5, 0.6) is 0 Å². The second kappa shape index (κ2) is 8.62. The summed E-state index contributed by atoms with van der Waals surface area (Å²) in [6.07, 6.45) is 1.32. The molecule has 2 rings (SSSR count). The molecular formula is C16H12Cl2N2O2S. The third kappa shape index (κ3) is 5.63. The number of hydrogen-bond acceptors (Lipinski definition) is 3. The summed E-state index contributed by atoms with van der Waals surface area (Å²) in [6, 6.07) is 14.1. The van der Waals surface area contributed by atoms with Crippen molar-refractivity contribution in [2.24, 2.45) is 0 Å². The number of thioether (sulfide) groups is 1. The lowest BCUT2D eigenvalue weighted by molar-refractivity contribution is -0.117. The van der Waals surface area contributed by atoms with Crippen LogP contribution in [0.15, 0.2) is 64.9 Å². The van der Waals surface area contributed by atoms with E-state index >= 15 is 0 Å². The maximum absolute atomic E-state index is 11.9. The summed E-state index contributed by atoms with van der Waals surface area (Å²) in [5, 5.41) is 2.25. The highest BCUT2D eigenvalue weighted by molar-refractivity contribution is 8.02. The van der Waals surface area contributed by atoms with Gasteiger partial charge in [-0.15, -0.1) is 0 Å². The Bertz CT molecular complexity index is 736. The van der Waals surface area contributed by atoms with Crippen molar-refractivity contribution in [2.45, 2.75) is 4.90 Å². The van der Waals surface area contributed by atoms with Crippen molar-refractivity contribution in [1.29, 1.82) is 0 Å². The van der Waals surface area contributed by atoms with E-state index in [4.69, 9.17) is 23.2 Å². The number of halogens is 2. The molecule has 0 spiro atoms. The van der Waals surface area contributed by atoms with Gasteiger partial charge >= 0.3 is 0 Å². The van der Waals surface area contributed by atoms with E-state index in [1.807, 2.05) is 30.3 Å². The maximum atomic E-state index is 11.9. The Morgan fingerprint density at radius 3 is 2.48 bits per heavy atom. The second-order valence-electron chi connectivity index (χ2n) is 4.30. The fourth-order valence-electron chi connectivity index (χ4n) is 1.57. The highest BCUT2D eigenvalue weighted by Gasteiger charge is 2.11. The Balaban J connectivity index is 1.84. The van der Waals surface area contributed by atoms with Gasteiger partial charge < -0.3 is 0 Å². The summed E-state index contributed by atoms with van der Waals surface area (Å²) < 4.78 is 0. The Morgan fingerprint density at radius 1 is 1.00 bits per heavy atom. The van der Waals surface area contributed by atoms with E-state index in [-0.39, 0.29) is 10.6 Å². The van der Waals surface area contributed by atoms with Crippen LogP contribution in [0, 0.1) is 0 Å². The van der Waals surface area contributed by atoms with E-state index in [0.29, 0.717) is 5.02 Å². The van der Waals surface area contributed by atoms with Crippen LogP contribution in [0.25, 0.3) is 0 Å². The van der Waals surface area contributed by atoms with Crippen molar-refractivity contribution >= 4 is 46.8 Å². The zero-order chi connectivity index (χ0) is 16.7. The first-order valence-corrected chi connectivity index (χ1v) is 8.13. The fourth-order valence-corrected chi connectivity index (χ4v) is 2.61. The molecular weight excluding hydrogens is 355 g/mol. The van der Waals surface area contributed by atoms with Gasteiger partial charge in [-0.2, -0.15) is 0 Å². The summed E-state index contributed by atoms with van der Waals surface area (Å²) in [4.78, 5) is 24.6. The van der Waals surface area contributed by atoms with Gasteiger partial charge in [-0.3, -0.25) is 20.4 Å². The molecule has 0 radical (unpaired) electrons. The number of nitrogens with one attached hydrogen (secondary N) is 2. The zero-order valence-electron chi connectivity index (χ0n) is 11.8. The van der Waals surface area contributed by atoms with Crippen LogP contribution in [0.3, 0.4) is 0 Å². The van der Waals surface area contributed by atoms with Gasteiger partial charge in [0.25, 0.3) is 11.8 Å². The van der Waals surface area contributed by atoms with Gasteiger partial charge in [0.1, 0.15) is 0 Å². The van der Waals surface area contributed by atoms with Crippen molar-refractivity contribution in [1.82, 2.24) is 10.9 Å². The van der Waals surface area contributed by atoms with E-state index in [2.05, 4.69) is 10.9 Å². The molecule has 0 unspecified atom stereocenters. The number of benzene rings is 2. The van der Waals surface area contributed by atoms with Gasteiger partial charge in [0.15, 0.2) is 0 Å². The van der Waals surface area contributed by atoms with Gasteiger partial charge in [0.2, 0.25) is 0 Å². The molecule has 0 aliphatic carbocycles. The highest BCUT2D eigenvalue weighted by atomic mass is 35.5. The van der Waals surface area contributed by atoms with E-state index in [1.54, 1.807) is 11.5 Å². The number of amides is 2. The topological polar surface area (TPSA) is 58.2 Å².